The first-order valence-electron chi connectivity index (χ1n) is 5.90. The van der Waals surface area contributed by atoms with Crippen LogP contribution in [0.25, 0.3) is 0 Å². The van der Waals surface area contributed by atoms with Crippen LogP contribution in [0.4, 0.5) is 0 Å². The summed E-state index contributed by atoms with van der Waals surface area (Å²) < 4.78 is 0.0151. The lowest BCUT2D eigenvalue weighted by atomic mass is 9.86. The van der Waals surface area contributed by atoms with Crippen LogP contribution in [0.5, 0.6) is 0 Å². The standard InChI is InChI=1S/C12H24OS2/c1-5-7-10(13)12(11(2,3)4)14-8-6-9-15-12/h10,13H,5-9H2,1-4H3. The molecule has 0 aliphatic carbocycles. The van der Waals surface area contributed by atoms with Crippen LogP contribution in [0.2, 0.25) is 0 Å². The number of hydrogen-bond donors (Lipinski definition) is 1. The number of hydrogen-bond acceptors (Lipinski definition) is 3. The van der Waals surface area contributed by atoms with E-state index in [0.29, 0.717) is 0 Å². The minimum Gasteiger partial charge on any atom is -0.391 e. The van der Waals surface area contributed by atoms with Gasteiger partial charge in [0.15, 0.2) is 0 Å². The van der Waals surface area contributed by atoms with E-state index in [1.54, 1.807) is 0 Å². The molecule has 0 saturated carbocycles. The fourth-order valence-electron chi connectivity index (χ4n) is 2.14. The van der Waals surface area contributed by atoms with Gasteiger partial charge in [-0.25, -0.2) is 0 Å². The molecule has 1 atom stereocenters. The van der Waals surface area contributed by atoms with Gasteiger partial charge in [-0.3, -0.25) is 0 Å². The van der Waals surface area contributed by atoms with Crippen molar-refractivity contribution in [3.63, 3.8) is 0 Å². The van der Waals surface area contributed by atoms with Crippen LogP contribution < -0.4 is 0 Å². The van der Waals surface area contributed by atoms with E-state index in [-0.39, 0.29) is 15.6 Å². The van der Waals surface area contributed by atoms with Crippen LogP contribution in [0.3, 0.4) is 0 Å². The normalized spacial score (nSPS) is 23.8. The van der Waals surface area contributed by atoms with Crippen molar-refractivity contribution < 1.29 is 5.11 Å². The van der Waals surface area contributed by atoms with Gasteiger partial charge in [0.1, 0.15) is 0 Å². The third kappa shape index (κ3) is 2.86. The molecule has 1 unspecified atom stereocenters. The smallest absolute Gasteiger partial charge is 0.0916 e. The number of thioether (sulfide) groups is 2. The number of aliphatic hydroxyl groups excluding tert-OH is 1. The maximum Gasteiger partial charge on any atom is 0.0916 e. The number of rotatable bonds is 3. The van der Waals surface area contributed by atoms with Gasteiger partial charge in [-0.15, -0.1) is 23.5 Å². The maximum atomic E-state index is 10.4. The van der Waals surface area contributed by atoms with Gasteiger partial charge in [-0.2, -0.15) is 0 Å². The molecule has 0 aromatic heterocycles. The first-order chi connectivity index (χ1) is 6.94. The second kappa shape index (κ2) is 5.33. The van der Waals surface area contributed by atoms with Crippen molar-refractivity contribution in [3.05, 3.63) is 0 Å². The minimum atomic E-state index is -0.169. The Morgan fingerprint density at radius 1 is 1.27 bits per heavy atom. The van der Waals surface area contributed by atoms with Gasteiger partial charge in [0.2, 0.25) is 0 Å². The second-order valence-corrected chi connectivity index (χ2v) is 8.21. The van der Waals surface area contributed by atoms with Gasteiger partial charge in [-0.05, 0) is 29.8 Å². The van der Waals surface area contributed by atoms with Crippen LogP contribution in [-0.2, 0) is 0 Å². The Bertz CT molecular complexity index is 192. The van der Waals surface area contributed by atoms with E-state index in [1.165, 1.54) is 17.9 Å². The lowest BCUT2D eigenvalue weighted by Crippen LogP contribution is -2.48. The molecular formula is C12H24OS2. The molecule has 1 aliphatic heterocycles. The Balaban J connectivity index is 2.84. The van der Waals surface area contributed by atoms with E-state index in [0.717, 1.165) is 12.8 Å². The summed E-state index contributed by atoms with van der Waals surface area (Å²) >= 11 is 3.96. The molecule has 1 rings (SSSR count). The Labute approximate surface area is 103 Å². The molecule has 15 heavy (non-hydrogen) atoms. The van der Waals surface area contributed by atoms with E-state index in [4.69, 9.17) is 0 Å². The molecule has 1 fully saturated rings. The summed E-state index contributed by atoms with van der Waals surface area (Å²) in [5, 5.41) is 10.4. The molecule has 0 aromatic rings. The zero-order valence-electron chi connectivity index (χ0n) is 10.4. The minimum absolute atomic E-state index is 0.0151. The summed E-state index contributed by atoms with van der Waals surface area (Å²) in [4.78, 5) is 0. The average Bonchev–Trinajstić information content (AvgIpc) is 2.17. The van der Waals surface area contributed by atoms with Crippen LogP contribution in [0, 0.1) is 5.41 Å². The second-order valence-electron chi connectivity index (χ2n) is 5.27. The fourth-order valence-corrected chi connectivity index (χ4v) is 5.82. The Kier molecular flexibility index (Phi) is 4.87. The maximum absolute atomic E-state index is 10.4. The topological polar surface area (TPSA) is 20.2 Å². The van der Waals surface area contributed by atoms with Crippen molar-refractivity contribution in [1.29, 1.82) is 0 Å². The predicted octanol–water partition coefficient (Wildman–Crippen LogP) is 3.76. The number of aliphatic hydroxyl groups is 1. The summed E-state index contributed by atoms with van der Waals surface area (Å²) in [5.74, 6) is 2.40. The predicted molar refractivity (Wildman–Crippen MR) is 72.6 cm³/mol. The van der Waals surface area contributed by atoms with Crippen molar-refractivity contribution in [2.45, 2.75) is 57.1 Å². The van der Waals surface area contributed by atoms with Crippen LogP contribution in [0.15, 0.2) is 0 Å². The van der Waals surface area contributed by atoms with Crippen LogP contribution in [-0.4, -0.2) is 26.8 Å². The van der Waals surface area contributed by atoms with E-state index in [2.05, 4.69) is 27.7 Å². The van der Waals surface area contributed by atoms with E-state index >= 15 is 0 Å². The van der Waals surface area contributed by atoms with Crippen LogP contribution in [0.1, 0.15) is 47.0 Å². The quantitative estimate of drug-likeness (QED) is 0.821. The zero-order chi connectivity index (χ0) is 11.5. The molecule has 1 aliphatic rings. The van der Waals surface area contributed by atoms with Crippen molar-refractivity contribution in [3.8, 4) is 0 Å². The van der Waals surface area contributed by atoms with E-state index in [9.17, 15) is 5.11 Å². The van der Waals surface area contributed by atoms with Gasteiger partial charge in [0, 0.05) is 0 Å². The highest BCUT2D eigenvalue weighted by molar-refractivity contribution is 8.18. The summed E-state index contributed by atoms with van der Waals surface area (Å²) in [6, 6.07) is 0. The van der Waals surface area contributed by atoms with Gasteiger partial charge < -0.3 is 5.11 Å². The Hall–Kier alpha value is 0.660. The summed E-state index contributed by atoms with van der Waals surface area (Å²) in [6.45, 7) is 8.93. The summed E-state index contributed by atoms with van der Waals surface area (Å²) in [5.41, 5.74) is 0.164. The monoisotopic (exact) mass is 248 g/mol. The highest BCUT2D eigenvalue weighted by atomic mass is 32.2. The molecular weight excluding hydrogens is 224 g/mol. The molecule has 3 heteroatoms. The molecule has 0 radical (unpaired) electrons. The molecule has 1 N–H and O–H groups in total. The highest BCUT2D eigenvalue weighted by Crippen LogP contribution is 2.56. The molecule has 1 heterocycles. The van der Waals surface area contributed by atoms with Crippen molar-refractivity contribution >= 4 is 23.5 Å². The molecule has 90 valence electrons. The van der Waals surface area contributed by atoms with E-state index < -0.39 is 0 Å². The highest BCUT2D eigenvalue weighted by Gasteiger charge is 2.49. The largest absolute Gasteiger partial charge is 0.391 e. The first kappa shape index (κ1) is 13.7. The molecule has 1 nitrogen and oxygen atoms in total. The zero-order valence-corrected chi connectivity index (χ0v) is 12.0. The van der Waals surface area contributed by atoms with Crippen molar-refractivity contribution in [2.24, 2.45) is 5.41 Å². The summed E-state index contributed by atoms with van der Waals surface area (Å²) in [7, 11) is 0. The van der Waals surface area contributed by atoms with Crippen molar-refractivity contribution in [2.75, 3.05) is 11.5 Å². The molecule has 0 bridgehead atoms. The molecule has 0 amide bonds. The van der Waals surface area contributed by atoms with E-state index in [1.807, 2.05) is 23.5 Å². The molecule has 0 aromatic carbocycles. The Morgan fingerprint density at radius 2 is 1.80 bits per heavy atom. The van der Waals surface area contributed by atoms with Crippen LogP contribution >= 0.6 is 23.5 Å². The molecule has 1 saturated heterocycles. The fraction of sp³-hybridized carbons (Fsp3) is 1.00. The SMILES string of the molecule is CCCC(O)C1(C(C)(C)C)SCCCS1. The van der Waals surface area contributed by atoms with Crippen molar-refractivity contribution in [1.82, 2.24) is 0 Å². The Morgan fingerprint density at radius 3 is 2.20 bits per heavy atom. The van der Waals surface area contributed by atoms with Gasteiger partial charge in [0.25, 0.3) is 0 Å². The van der Waals surface area contributed by atoms with Gasteiger partial charge in [0.05, 0.1) is 10.2 Å². The van der Waals surface area contributed by atoms with Gasteiger partial charge >= 0.3 is 0 Å². The third-order valence-electron chi connectivity index (χ3n) is 2.97. The average molecular weight is 248 g/mol. The summed E-state index contributed by atoms with van der Waals surface area (Å²) in [6.07, 6.45) is 3.11. The lowest BCUT2D eigenvalue weighted by molar-refractivity contribution is 0.106. The third-order valence-corrected chi connectivity index (χ3v) is 7.29. The molecule has 0 spiro atoms. The first-order valence-corrected chi connectivity index (χ1v) is 7.87. The van der Waals surface area contributed by atoms with Gasteiger partial charge in [-0.1, -0.05) is 34.1 Å². The lowest BCUT2D eigenvalue weighted by Gasteiger charge is -2.49.